The quantitative estimate of drug-likeness (QED) is 0.477. The van der Waals surface area contributed by atoms with Crippen LogP contribution in [-0.4, -0.2) is 0 Å². The second-order valence-corrected chi connectivity index (χ2v) is 4.47. The van der Waals surface area contributed by atoms with E-state index < -0.39 is 0 Å². The van der Waals surface area contributed by atoms with Gasteiger partial charge in [0.15, 0.2) is 0 Å². The highest BCUT2D eigenvalue weighted by Crippen LogP contribution is 2.48. The van der Waals surface area contributed by atoms with E-state index in [1.807, 2.05) is 0 Å². The van der Waals surface area contributed by atoms with E-state index in [2.05, 4.69) is 18.2 Å². The van der Waals surface area contributed by atoms with Gasteiger partial charge >= 0.3 is 0 Å². The van der Waals surface area contributed by atoms with Crippen LogP contribution < -0.4 is 0 Å². The van der Waals surface area contributed by atoms with Crippen LogP contribution in [0.5, 0.6) is 0 Å². The number of hydrogen-bond donors (Lipinski definition) is 0. The van der Waals surface area contributed by atoms with Gasteiger partial charge < -0.3 is 0 Å². The molecule has 12 heavy (non-hydrogen) atoms. The summed E-state index contributed by atoms with van der Waals surface area (Å²) in [6.07, 6.45) is 14.6. The Balaban J connectivity index is 2.02. The molecule has 0 aliphatic heterocycles. The largest absolute Gasteiger partial charge is 0.0844 e. The fourth-order valence-electron chi connectivity index (χ4n) is 3.27. The first-order valence-corrected chi connectivity index (χ1v) is 5.33. The third-order valence-electron chi connectivity index (χ3n) is 3.87. The van der Waals surface area contributed by atoms with E-state index in [1.54, 1.807) is 5.57 Å². The van der Waals surface area contributed by atoms with Gasteiger partial charge in [0.2, 0.25) is 0 Å². The molecule has 4 aliphatic rings. The van der Waals surface area contributed by atoms with E-state index in [9.17, 15) is 0 Å². The van der Waals surface area contributed by atoms with Gasteiger partial charge in [0.1, 0.15) is 0 Å². The molecule has 0 saturated heterocycles. The molecule has 0 aromatic heterocycles. The molecule has 2 bridgehead atoms. The number of rotatable bonds is 0. The van der Waals surface area contributed by atoms with Gasteiger partial charge in [-0.3, -0.25) is 0 Å². The van der Waals surface area contributed by atoms with Crippen molar-refractivity contribution in [1.82, 2.24) is 0 Å². The number of allylic oxidation sites excluding steroid dienone is 4. The maximum Gasteiger partial charge on any atom is -0.00200 e. The lowest BCUT2D eigenvalue weighted by Crippen LogP contribution is -2.31. The van der Waals surface area contributed by atoms with E-state index in [0.29, 0.717) is 0 Å². The predicted molar refractivity (Wildman–Crippen MR) is 50.8 cm³/mol. The van der Waals surface area contributed by atoms with Crippen LogP contribution in [0, 0.1) is 17.8 Å². The Morgan fingerprint density at radius 1 is 1.08 bits per heavy atom. The van der Waals surface area contributed by atoms with Crippen LogP contribution in [0.1, 0.15) is 32.1 Å². The molecule has 0 spiro atoms. The molecular weight excluding hydrogens is 144 g/mol. The van der Waals surface area contributed by atoms with Crippen molar-refractivity contribution < 1.29 is 0 Å². The lowest BCUT2D eigenvalue weighted by Gasteiger charge is -2.42. The van der Waals surface area contributed by atoms with Crippen LogP contribution in [-0.2, 0) is 0 Å². The maximum absolute atomic E-state index is 2.54. The molecule has 4 rings (SSSR count). The molecular formula is C12H16. The Hall–Kier alpha value is -0.520. The van der Waals surface area contributed by atoms with Crippen LogP contribution in [0.3, 0.4) is 0 Å². The molecule has 0 heteroatoms. The van der Waals surface area contributed by atoms with E-state index in [0.717, 1.165) is 17.8 Å². The minimum atomic E-state index is 0.847. The third-order valence-corrected chi connectivity index (χ3v) is 3.87. The monoisotopic (exact) mass is 160 g/mol. The maximum atomic E-state index is 2.54. The molecule has 0 amide bonds. The van der Waals surface area contributed by atoms with E-state index in [4.69, 9.17) is 0 Å². The molecule has 0 aromatic carbocycles. The molecule has 0 radical (unpaired) electrons. The highest BCUT2D eigenvalue weighted by molar-refractivity contribution is 5.28. The number of hydrogen-bond acceptors (Lipinski definition) is 0. The molecule has 0 nitrogen and oxygen atoms in total. The van der Waals surface area contributed by atoms with Crippen molar-refractivity contribution in [3.8, 4) is 0 Å². The molecule has 3 unspecified atom stereocenters. The summed E-state index contributed by atoms with van der Waals surface area (Å²) < 4.78 is 0. The SMILES string of the molecule is C1=CC2CCC1C1=CCCCC12. The van der Waals surface area contributed by atoms with Crippen molar-refractivity contribution in [1.29, 1.82) is 0 Å². The lowest BCUT2D eigenvalue weighted by atomic mass is 9.62. The van der Waals surface area contributed by atoms with E-state index in [1.165, 1.54) is 32.1 Å². The highest BCUT2D eigenvalue weighted by Gasteiger charge is 2.36. The summed E-state index contributed by atoms with van der Waals surface area (Å²) in [5.74, 6) is 2.73. The Morgan fingerprint density at radius 3 is 2.83 bits per heavy atom. The van der Waals surface area contributed by atoms with Gasteiger partial charge in [-0.25, -0.2) is 0 Å². The van der Waals surface area contributed by atoms with Gasteiger partial charge in [-0.2, -0.15) is 0 Å². The standard InChI is InChI=1S/C12H16/c1-2-4-12-10-7-5-9(6-8-10)11(12)3-1/h3,5,7,9-10,12H,1-2,4,6,8H2. The summed E-state index contributed by atoms with van der Waals surface area (Å²) in [5.41, 5.74) is 1.81. The fraction of sp³-hybridized carbons (Fsp3) is 0.667. The summed E-state index contributed by atoms with van der Waals surface area (Å²) in [6.45, 7) is 0. The Bertz CT molecular complexity index is 247. The van der Waals surface area contributed by atoms with Crippen molar-refractivity contribution in [2.24, 2.45) is 17.8 Å². The zero-order valence-electron chi connectivity index (χ0n) is 7.50. The van der Waals surface area contributed by atoms with Crippen LogP contribution >= 0.6 is 0 Å². The molecule has 4 aliphatic carbocycles. The van der Waals surface area contributed by atoms with Crippen molar-refractivity contribution >= 4 is 0 Å². The normalized spacial score (nSPS) is 44.0. The average molecular weight is 160 g/mol. The van der Waals surface area contributed by atoms with Gasteiger partial charge in [-0.15, -0.1) is 0 Å². The Labute approximate surface area is 74.4 Å². The molecule has 0 heterocycles. The van der Waals surface area contributed by atoms with Gasteiger partial charge in [-0.1, -0.05) is 23.8 Å². The zero-order chi connectivity index (χ0) is 7.97. The van der Waals surface area contributed by atoms with Crippen LogP contribution in [0.15, 0.2) is 23.8 Å². The summed E-state index contributed by atoms with van der Waals surface area (Å²) in [7, 11) is 0. The van der Waals surface area contributed by atoms with Gasteiger partial charge in [-0.05, 0) is 49.9 Å². The molecule has 3 atom stereocenters. The first kappa shape index (κ1) is 6.94. The first-order chi connectivity index (χ1) is 5.95. The number of fused-ring (bicyclic) bond motifs is 1. The van der Waals surface area contributed by atoms with E-state index >= 15 is 0 Å². The van der Waals surface area contributed by atoms with Crippen molar-refractivity contribution in [3.63, 3.8) is 0 Å². The molecule has 0 aromatic rings. The van der Waals surface area contributed by atoms with Crippen LogP contribution in [0.25, 0.3) is 0 Å². The smallest absolute Gasteiger partial charge is 0.00200 e. The molecule has 1 fully saturated rings. The van der Waals surface area contributed by atoms with Crippen LogP contribution in [0.4, 0.5) is 0 Å². The van der Waals surface area contributed by atoms with Gasteiger partial charge in [0.05, 0.1) is 0 Å². The predicted octanol–water partition coefficient (Wildman–Crippen LogP) is 3.31. The van der Waals surface area contributed by atoms with Crippen molar-refractivity contribution in [3.05, 3.63) is 23.8 Å². The Morgan fingerprint density at radius 2 is 2.08 bits per heavy atom. The van der Waals surface area contributed by atoms with Gasteiger partial charge in [0.25, 0.3) is 0 Å². The Kier molecular flexibility index (Phi) is 1.44. The van der Waals surface area contributed by atoms with Crippen molar-refractivity contribution in [2.45, 2.75) is 32.1 Å². The third kappa shape index (κ3) is 0.840. The average Bonchev–Trinajstić information content (AvgIpc) is 2.20. The summed E-state index contributed by atoms with van der Waals surface area (Å²) >= 11 is 0. The second-order valence-electron chi connectivity index (χ2n) is 4.47. The lowest BCUT2D eigenvalue weighted by molar-refractivity contribution is 0.275. The van der Waals surface area contributed by atoms with Gasteiger partial charge in [0, 0.05) is 0 Å². The topological polar surface area (TPSA) is 0 Å². The fourth-order valence-corrected chi connectivity index (χ4v) is 3.27. The van der Waals surface area contributed by atoms with E-state index in [-0.39, 0.29) is 0 Å². The van der Waals surface area contributed by atoms with Crippen LogP contribution in [0.2, 0.25) is 0 Å². The molecule has 64 valence electrons. The van der Waals surface area contributed by atoms with Crippen molar-refractivity contribution in [2.75, 3.05) is 0 Å². The molecule has 0 N–H and O–H groups in total. The minimum Gasteiger partial charge on any atom is -0.0844 e. The summed E-state index contributed by atoms with van der Waals surface area (Å²) in [5, 5.41) is 0. The highest BCUT2D eigenvalue weighted by atomic mass is 14.4. The first-order valence-electron chi connectivity index (χ1n) is 5.33. The summed E-state index contributed by atoms with van der Waals surface area (Å²) in [4.78, 5) is 0. The summed E-state index contributed by atoms with van der Waals surface area (Å²) in [6, 6.07) is 0. The molecule has 1 saturated carbocycles. The minimum absolute atomic E-state index is 0.847. The second kappa shape index (κ2) is 2.48. The zero-order valence-corrected chi connectivity index (χ0v) is 7.50.